The summed E-state index contributed by atoms with van der Waals surface area (Å²) in [6.07, 6.45) is 0.972. The number of aryl methyl sites for hydroxylation is 1. The number of anilines is 1. The summed E-state index contributed by atoms with van der Waals surface area (Å²) in [6.45, 7) is 5.48. The van der Waals surface area contributed by atoms with Crippen LogP contribution in [0.2, 0.25) is 0 Å². The van der Waals surface area contributed by atoms with Crippen molar-refractivity contribution in [2.45, 2.75) is 33.5 Å². The second-order valence-corrected chi connectivity index (χ2v) is 6.74. The van der Waals surface area contributed by atoms with E-state index in [1.165, 1.54) is 5.56 Å². The topological polar surface area (TPSA) is 47.6 Å². The molecule has 1 N–H and O–H groups in total. The Hall–Kier alpha value is -3.11. The van der Waals surface area contributed by atoms with Crippen molar-refractivity contribution in [1.82, 2.24) is 0 Å². The molecule has 3 aromatic carbocycles. The van der Waals surface area contributed by atoms with E-state index in [1.54, 1.807) is 6.07 Å². The van der Waals surface area contributed by atoms with Gasteiger partial charge in [-0.25, -0.2) is 0 Å². The highest BCUT2D eigenvalue weighted by molar-refractivity contribution is 6.04. The lowest BCUT2D eigenvalue weighted by Gasteiger charge is -2.13. The maximum Gasteiger partial charge on any atom is 0.255 e. The predicted octanol–water partition coefficient (Wildman–Crippen LogP) is 5.62. The van der Waals surface area contributed by atoms with Crippen LogP contribution in [0.15, 0.2) is 72.8 Å². The van der Waals surface area contributed by atoms with Gasteiger partial charge in [0.25, 0.3) is 5.91 Å². The van der Waals surface area contributed by atoms with Crippen molar-refractivity contribution in [2.24, 2.45) is 0 Å². The van der Waals surface area contributed by atoms with Gasteiger partial charge in [-0.05, 0) is 54.8 Å². The minimum atomic E-state index is -0.151. The Bertz CT molecular complexity index is 921. The van der Waals surface area contributed by atoms with Crippen LogP contribution >= 0.6 is 0 Å². The van der Waals surface area contributed by atoms with Gasteiger partial charge in [0.15, 0.2) is 0 Å². The molecule has 0 spiro atoms. The third-order valence-electron chi connectivity index (χ3n) is 4.61. The van der Waals surface area contributed by atoms with E-state index in [2.05, 4.69) is 12.2 Å². The third kappa shape index (κ3) is 5.93. The van der Waals surface area contributed by atoms with Gasteiger partial charge in [-0.1, -0.05) is 49.4 Å². The zero-order chi connectivity index (χ0) is 20.5. The van der Waals surface area contributed by atoms with E-state index < -0.39 is 0 Å². The first-order valence-corrected chi connectivity index (χ1v) is 9.97. The summed E-state index contributed by atoms with van der Waals surface area (Å²) in [4.78, 5) is 12.7. The van der Waals surface area contributed by atoms with Crippen molar-refractivity contribution in [3.63, 3.8) is 0 Å². The smallest absolute Gasteiger partial charge is 0.255 e. The van der Waals surface area contributed by atoms with Gasteiger partial charge in [0.05, 0.1) is 19.8 Å². The van der Waals surface area contributed by atoms with Gasteiger partial charge in [-0.3, -0.25) is 4.79 Å². The number of carbonyl (C=O) groups is 1. The molecule has 0 aliphatic rings. The van der Waals surface area contributed by atoms with Crippen molar-refractivity contribution in [1.29, 1.82) is 0 Å². The largest absolute Gasteiger partial charge is 0.494 e. The molecule has 3 aromatic rings. The average molecular weight is 389 g/mol. The Morgan fingerprint density at radius 3 is 2.31 bits per heavy atom. The summed E-state index contributed by atoms with van der Waals surface area (Å²) < 4.78 is 11.6. The molecule has 0 aliphatic heterocycles. The number of nitrogens with one attached hydrogen (secondary N) is 1. The molecule has 0 radical (unpaired) electrons. The molecule has 0 unspecified atom stereocenters. The Balaban J connectivity index is 1.69. The molecule has 29 heavy (non-hydrogen) atoms. The van der Waals surface area contributed by atoms with E-state index in [1.807, 2.05) is 73.7 Å². The van der Waals surface area contributed by atoms with Gasteiger partial charge >= 0.3 is 0 Å². The average Bonchev–Trinajstić information content (AvgIpc) is 2.76. The van der Waals surface area contributed by atoms with Crippen LogP contribution in [0.5, 0.6) is 5.75 Å². The number of hydrogen-bond donors (Lipinski definition) is 1. The van der Waals surface area contributed by atoms with Crippen molar-refractivity contribution >= 4 is 11.6 Å². The molecular formula is C25H27NO3. The number of rotatable bonds is 9. The summed E-state index contributed by atoms with van der Waals surface area (Å²) in [5, 5.41) is 2.95. The van der Waals surface area contributed by atoms with Gasteiger partial charge in [-0.15, -0.1) is 0 Å². The molecule has 0 atom stereocenters. The first-order valence-electron chi connectivity index (χ1n) is 9.97. The van der Waals surface area contributed by atoms with Crippen LogP contribution in [0.3, 0.4) is 0 Å². The molecule has 0 heterocycles. The fraction of sp³-hybridized carbons (Fsp3) is 0.240. The summed E-state index contributed by atoms with van der Waals surface area (Å²) in [7, 11) is 0. The summed E-state index contributed by atoms with van der Waals surface area (Å²) >= 11 is 0. The van der Waals surface area contributed by atoms with E-state index in [4.69, 9.17) is 9.47 Å². The highest BCUT2D eigenvalue weighted by Gasteiger charge is 2.11. The SMILES string of the molecule is CCOc1ccc(C(=O)Nc2ccc(CC)cc2)cc1COCc1ccccc1. The van der Waals surface area contributed by atoms with E-state index in [-0.39, 0.29) is 5.91 Å². The molecule has 1 amide bonds. The molecule has 3 rings (SSSR count). The molecule has 0 aliphatic carbocycles. The summed E-state index contributed by atoms with van der Waals surface area (Å²) in [5.74, 6) is 0.589. The fourth-order valence-corrected chi connectivity index (χ4v) is 3.01. The predicted molar refractivity (Wildman–Crippen MR) is 116 cm³/mol. The molecular weight excluding hydrogens is 362 g/mol. The number of benzene rings is 3. The van der Waals surface area contributed by atoms with Crippen LogP contribution < -0.4 is 10.1 Å². The van der Waals surface area contributed by atoms with E-state index in [0.29, 0.717) is 25.4 Å². The molecule has 150 valence electrons. The lowest BCUT2D eigenvalue weighted by atomic mass is 10.1. The van der Waals surface area contributed by atoms with Gasteiger partial charge in [-0.2, -0.15) is 0 Å². The zero-order valence-corrected chi connectivity index (χ0v) is 17.0. The Morgan fingerprint density at radius 1 is 0.862 bits per heavy atom. The van der Waals surface area contributed by atoms with Crippen LogP contribution in [0.4, 0.5) is 5.69 Å². The Labute approximate surface area is 172 Å². The standard InChI is InChI=1S/C25H27NO3/c1-3-19-10-13-23(14-11-19)26-25(27)21-12-15-24(29-4-2)22(16-21)18-28-17-20-8-6-5-7-9-20/h5-16H,3-4,17-18H2,1-2H3,(H,26,27). The zero-order valence-electron chi connectivity index (χ0n) is 17.0. The molecule has 4 nitrogen and oxygen atoms in total. The summed E-state index contributed by atoms with van der Waals surface area (Å²) in [5.41, 5.74) is 4.56. The fourth-order valence-electron chi connectivity index (χ4n) is 3.01. The van der Waals surface area contributed by atoms with Crippen molar-refractivity contribution in [2.75, 3.05) is 11.9 Å². The second kappa shape index (κ2) is 10.4. The first kappa shape index (κ1) is 20.6. The normalized spacial score (nSPS) is 10.6. The van der Waals surface area contributed by atoms with Crippen LogP contribution in [-0.2, 0) is 24.4 Å². The van der Waals surface area contributed by atoms with Gasteiger partial charge in [0.2, 0.25) is 0 Å². The highest BCUT2D eigenvalue weighted by atomic mass is 16.5. The quantitative estimate of drug-likeness (QED) is 0.517. The molecule has 0 aromatic heterocycles. The monoisotopic (exact) mass is 389 g/mol. The Kier molecular flexibility index (Phi) is 7.42. The molecule has 0 bridgehead atoms. The lowest BCUT2D eigenvalue weighted by Crippen LogP contribution is -2.13. The van der Waals surface area contributed by atoms with Crippen LogP contribution in [-0.4, -0.2) is 12.5 Å². The summed E-state index contributed by atoms with van der Waals surface area (Å²) in [6, 6.07) is 23.4. The van der Waals surface area contributed by atoms with Gasteiger partial charge in [0.1, 0.15) is 5.75 Å². The minimum absolute atomic E-state index is 0.151. The van der Waals surface area contributed by atoms with Crippen LogP contribution in [0, 0.1) is 0 Å². The van der Waals surface area contributed by atoms with E-state index in [0.717, 1.165) is 29.0 Å². The molecule has 4 heteroatoms. The second-order valence-electron chi connectivity index (χ2n) is 6.74. The van der Waals surface area contributed by atoms with Crippen molar-refractivity contribution in [3.05, 3.63) is 95.1 Å². The number of hydrogen-bond acceptors (Lipinski definition) is 3. The highest BCUT2D eigenvalue weighted by Crippen LogP contribution is 2.23. The van der Waals surface area contributed by atoms with Gasteiger partial charge < -0.3 is 14.8 Å². The maximum atomic E-state index is 12.7. The maximum absolute atomic E-state index is 12.7. The van der Waals surface area contributed by atoms with Crippen molar-refractivity contribution in [3.8, 4) is 5.75 Å². The van der Waals surface area contributed by atoms with Crippen molar-refractivity contribution < 1.29 is 14.3 Å². The molecule has 0 saturated heterocycles. The number of ether oxygens (including phenoxy) is 2. The van der Waals surface area contributed by atoms with Crippen LogP contribution in [0.1, 0.15) is 40.9 Å². The lowest BCUT2D eigenvalue weighted by molar-refractivity contribution is 0.101. The van der Waals surface area contributed by atoms with Crippen LogP contribution in [0.25, 0.3) is 0 Å². The van der Waals surface area contributed by atoms with Gasteiger partial charge in [0, 0.05) is 16.8 Å². The Morgan fingerprint density at radius 2 is 1.62 bits per heavy atom. The molecule has 0 fully saturated rings. The third-order valence-corrected chi connectivity index (χ3v) is 4.61. The number of amides is 1. The minimum Gasteiger partial charge on any atom is -0.494 e. The molecule has 0 saturated carbocycles. The number of carbonyl (C=O) groups excluding carboxylic acids is 1. The van der Waals surface area contributed by atoms with E-state index in [9.17, 15) is 4.79 Å². The first-order chi connectivity index (χ1) is 14.2. The van der Waals surface area contributed by atoms with E-state index >= 15 is 0 Å².